The van der Waals surface area contributed by atoms with Gasteiger partial charge in [0.2, 0.25) is 0 Å². The first kappa shape index (κ1) is 12.3. The number of hydrogen-bond donors (Lipinski definition) is 0. The van der Waals surface area contributed by atoms with Crippen LogP contribution in [0.3, 0.4) is 0 Å². The molecular weight excluding hydrogens is 203 g/mol. The molecule has 0 aromatic rings. The summed E-state index contributed by atoms with van der Waals surface area (Å²) < 4.78 is 19.6. The molecule has 2 fully saturated rings. The van der Waals surface area contributed by atoms with Gasteiger partial charge >= 0.3 is 0 Å². The highest BCUT2D eigenvalue weighted by molar-refractivity contribution is 4.93. The molecule has 4 atom stereocenters. The van der Waals surface area contributed by atoms with Gasteiger partial charge in [0.25, 0.3) is 0 Å². The Morgan fingerprint density at radius 3 is 2.94 bits per heavy atom. The minimum atomic E-state index is -0.599. The Kier molecular flexibility index (Phi) is 3.89. The normalized spacial score (nSPS) is 44.1. The zero-order chi connectivity index (χ0) is 11.6. The average Bonchev–Trinajstić information content (AvgIpc) is 2.33. The quantitative estimate of drug-likeness (QED) is 0.710. The van der Waals surface area contributed by atoms with E-state index in [-0.39, 0.29) is 5.41 Å². The van der Waals surface area contributed by atoms with Crippen LogP contribution < -0.4 is 0 Å². The molecule has 0 heterocycles. The zero-order valence-corrected chi connectivity index (χ0v) is 10.7. The second-order valence-electron chi connectivity index (χ2n) is 6.01. The van der Waals surface area contributed by atoms with Crippen LogP contribution in [0.5, 0.6) is 0 Å². The van der Waals surface area contributed by atoms with Gasteiger partial charge in [0.05, 0.1) is 6.61 Å². The van der Waals surface area contributed by atoms with Crippen molar-refractivity contribution in [2.75, 3.05) is 13.2 Å². The number of halogens is 1. The lowest BCUT2D eigenvalue weighted by molar-refractivity contribution is -0.00147. The molecule has 2 rings (SSSR count). The lowest BCUT2D eigenvalue weighted by atomic mass is 9.67. The molecule has 94 valence electrons. The summed E-state index contributed by atoms with van der Waals surface area (Å²) in [6.45, 7) is 5.81. The van der Waals surface area contributed by atoms with Gasteiger partial charge in [-0.25, -0.2) is 4.39 Å². The number of alkyl halides is 1. The predicted molar refractivity (Wildman–Crippen MR) is 64.2 cm³/mol. The van der Waals surface area contributed by atoms with E-state index in [1.807, 2.05) is 6.92 Å². The van der Waals surface area contributed by atoms with Crippen molar-refractivity contribution >= 4 is 0 Å². The monoisotopic (exact) mass is 228 g/mol. The van der Waals surface area contributed by atoms with E-state index in [0.29, 0.717) is 5.92 Å². The third kappa shape index (κ3) is 2.58. The van der Waals surface area contributed by atoms with Gasteiger partial charge < -0.3 is 4.74 Å². The maximum Gasteiger partial charge on any atom is 0.101 e. The van der Waals surface area contributed by atoms with Crippen molar-refractivity contribution in [3.63, 3.8) is 0 Å². The van der Waals surface area contributed by atoms with Gasteiger partial charge in [-0.3, -0.25) is 0 Å². The van der Waals surface area contributed by atoms with Crippen LogP contribution in [0.1, 0.15) is 52.4 Å². The smallest absolute Gasteiger partial charge is 0.101 e. The predicted octanol–water partition coefficient (Wildman–Crippen LogP) is 3.97. The molecule has 2 unspecified atom stereocenters. The summed E-state index contributed by atoms with van der Waals surface area (Å²) in [6.07, 6.45) is 5.88. The first-order valence-electron chi connectivity index (χ1n) is 6.87. The van der Waals surface area contributed by atoms with E-state index < -0.39 is 6.17 Å². The molecule has 0 amide bonds. The topological polar surface area (TPSA) is 9.23 Å². The van der Waals surface area contributed by atoms with Crippen LogP contribution in [-0.4, -0.2) is 19.4 Å². The SMILES string of the molecule is CCOC[C@@]12CCCC(C1)C(C)C[C@H](F)C2. The van der Waals surface area contributed by atoms with Crippen molar-refractivity contribution in [2.45, 2.75) is 58.5 Å². The van der Waals surface area contributed by atoms with Crippen molar-refractivity contribution < 1.29 is 9.13 Å². The molecule has 0 spiro atoms. The van der Waals surface area contributed by atoms with E-state index in [1.54, 1.807) is 0 Å². The summed E-state index contributed by atoms with van der Waals surface area (Å²) in [6, 6.07) is 0. The minimum absolute atomic E-state index is 0.170. The van der Waals surface area contributed by atoms with Gasteiger partial charge in [-0.15, -0.1) is 0 Å². The average molecular weight is 228 g/mol. The molecule has 2 aliphatic rings. The molecule has 0 aliphatic heterocycles. The Labute approximate surface area is 98.8 Å². The highest BCUT2D eigenvalue weighted by Crippen LogP contribution is 2.50. The summed E-state index contributed by atoms with van der Waals surface area (Å²) in [5.41, 5.74) is 0.170. The fourth-order valence-electron chi connectivity index (χ4n) is 3.83. The van der Waals surface area contributed by atoms with E-state index in [9.17, 15) is 4.39 Å². The van der Waals surface area contributed by atoms with Gasteiger partial charge in [0, 0.05) is 6.61 Å². The molecule has 0 saturated heterocycles. The van der Waals surface area contributed by atoms with Crippen molar-refractivity contribution in [3.8, 4) is 0 Å². The fourth-order valence-corrected chi connectivity index (χ4v) is 3.83. The van der Waals surface area contributed by atoms with Gasteiger partial charge in [0.1, 0.15) is 6.17 Å². The molecule has 16 heavy (non-hydrogen) atoms. The lowest BCUT2D eigenvalue weighted by Gasteiger charge is -2.40. The second kappa shape index (κ2) is 5.03. The van der Waals surface area contributed by atoms with Crippen LogP contribution in [0.4, 0.5) is 4.39 Å². The van der Waals surface area contributed by atoms with E-state index >= 15 is 0 Å². The number of rotatable bonds is 3. The zero-order valence-electron chi connectivity index (χ0n) is 10.7. The molecule has 1 nitrogen and oxygen atoms in total. The van der Waals surface area contributed by atoms with Crippen LogP contribution in [-0.2, 0) is 4.74 Å². The van der Waals surface area contributed by atoms with E-state index in [4.69, 9.17) is 4.74 Å². The van der Waals surface area contributed by atoms with Crippen molar-refractivity contribution in [2.24, 2.45) is 17.3 Å². The molecule has 0 N–H and O–H groups in total. The number of fused-ring (bicyclic) bond motifs is 2. The standard InChI is InChI=1S/C14H25FO/c1-3-16-10-14-6-4-5-12(8-14)11(2)7-13(15)9-14/h11-13H,3-10H2,1-2H3/t11?,12?,13-,14-/m0/s1. The Hall–Kier alpha value is -0.110. The molecule has 2 aliphatic carbocycles. The van der Waals surface area contributed by atoms with E-state index in [0.717, 1.165) is 32.0 Å². The minimum Gasteiger partial charge on any atom is -0.381 e. The molecule has 0 aromatic carbocycles. The van der Waals surface area contributed by atoms with Crippen LogP contribution in [0.25, 0.3) is 0 Å². The van der Waals surface area contributed by atoms with Crippen molar-refractivity contribution in [3.05, 3.63) is 0 Å². The summed E-state index contributed by atoms with van der Waals surface area (Å²) in [5, 5.41) is 0. The van der Waals surface area contributed by atoms with Crippen LogP contribution in [0.15, 0.2) is 0 Å². The summed E-state index contributed by atoms with van der Waals surface area (Å²) >= 11 is 0. The van der Waals surface area contributed by atoms with E-state index in [1.165, 1.54) is 25.7 Å². The first-order valence-corrected chi connectivity index (χ1v) is 6.87. The van der Waals surface area contributed by atoms with Crippen molar-refractivity contribution in [1.82, 2.24) is 0 Å². The Balaban J connectivity index is 2.09. The van der Waals surface area contributed by atoms with Crippen LogP contribution in [0.2, 0.25) is 0 Å². The Morgan fingerprint density at radius 2 is 2.19 bits per heavy atom. The van der Waals surface area contributed by atoms with Crippen LogP contribution in [0, 0.1) is 17.3 Å². The maximum absolute atomic E-state index is 13.9. The fraction of sp³-hybridized carbons (Fsp3) is 1.00. The first-order chi connectivity index (χ1) is 7.65. The number of ether oxygens (including phenoxy) is 1. The van der Waals surface area contributed by atoms with Gasteiger partial charge in [-0.05, 0) is 49.9 Å². The molecule has 0 aromatic heterocycles. The van der Waals surface area contributed by atoms with Gasteiger partial charge in [-0.2, -0.15) is 0 Å². The third-order valence-corrected chi connectivity index (χ3v) is 4.68. The van der Waals surface area contributed by atoms with Gasteiger partial charge in [-0.1, -0.05) is 19.8 Å². The largest absolute Gasteiger partial charge is 0.381 e. The molecule has 2 heteroatoms. The van der Waals surface area contributed by atoms with Crippen LogP contribution >= 0.6 is 0 Å². The Bertz CT molecular complexity index is 231. The summed E-state index contributed by atoms with van der Waals surface area (Å²) in [5.74, 6) is 1.31. The third-order valence-electron chi connectivity index (χ3n) is 4.68. The van der Waals surface area contributed by atoms with Crippen molar-refractivity contribution in [1.29, 1.82) is 0 Å². The second-order valence-corrected chi connectivity index (χ2v) is 6.01. The lowest BCUT2D eigenvalue weighted by Crippen LogP contribution is -2.34. The highest BCUT2D eigenvalue weighted by Gasteiger charge is 2.43. The van der Waals surface area contributed by atoms with Gasteiger partial charge in [0.15, 0.2) is 0 Å². The summed E-state index contributed by atoms with van der Waals surface area (Å²) in [4.78, 5) is 0. The maximum atomic E-state index is 13.9. The number of hydrogen-bond acceptors (Lipinski definition) is 1. The summed E-state index contributed by atoms with van der Waals surface area (Å²) in [7, 11) is 0. The Morgan fingerprint density at radius 1 is 1.38 bits per heavy atom. The molecule has 2 saturated carbocycles. The van der Waals surface area contributed by atoms with E-state index in [2.05, 4.69) is 6.92 Å². The molecular formula is C14H25FO. The molecule has 0 radical (unpaired) electrons. The molecule has 2 bridgehead atoms. The highest BCUT2D eigenvalue weighted by atomic mass is 19.1.